The number of hydrogen-bond acceptors (Lipinski definition) is 2. The Labute approximate surface area is 91.0 Å². The zero-order valence-corrected chi connectivity index (χ0v) is 9.07. The molecule has 2 heteroatoms. The van der Waals surface area contributed by atoms with Crippen LogP contribution < -0.4 is 10.1 Å². The Morgan fingerprint density at radius 3 is 3.13 bits per heavy atom. The number of para-hydroxylation sites is 1. The molecule has 0 saturated heterocycles. The lowest BCUT2D eigenvalue weighted by atomic mass is 10.1. The third kappa shape index (κ3) is 2.39. The molecule has 2 rings (SSSR count). The average molecular weight is 203 g/mol. The van der Waals surface area contributed by atoms with Crippen molar-refractivity contribution in [1.29, 1.82) is 0 Å². The lowest BCUT2D eigenvalue weighted by Crippen LogP contribution is -2.34. The van der Waals surface area contributed by atoms with Crippen LogP contribution in [0.2, 0.25) is 0 Å². The fourth-order valence-corrected chi connectivity index (χ4v) is 1.77. The van der Waals surface area contributed by atoms with E-state index in [1.165, 1.54) is 5.56 Å². The fourth-order valence-electron chi connectivity index (χ4n) is 1.77. The Hall–Kier alpha value is -1.28. The summed E-state index contributed by atoms with van der Waals surface area (Å²) in [5, 5.41) is 3.37. The number of nitrogens with one attached hydrogen (secondary N) is 1. The first-order chi connectivity index (χ1) is 7.29. The van der Waals surface area contributed by atoms with Gasteiger partial charge in [0.25, 0.3) is 0 Å². The van der Waals surface area contributed by atoms with Crippen molar-refractivity contribution < 1.29 is 4.74 Å². The van der Waals surface area contributed by atoms with E-state index in [0.717, 1.165) is 18.7 Å². The number of rotatable bonds is 4. The van der Waals surface area contributed by atoms with Crippen LogP contribution in [0.3, 0.4) is 0 Å². The molecule has 0 fully saturated rings. The molecule has 1 N–H and O–H groups in total. The van der Waals surface area contributed by atoms with Crippen molar-refractivity contribution in [3.8, 4) is 5.75 Å². The Morgan fingerprint density at radius 1 is 1.60 bits per heavy atom. The molecule has 1 aromatic rings. The molecule has 0 amide bonds. The number of hydrogen-bond donors (Lipinski definition) is 1. The van der Waals surface area contributed by atoms with Gasteiger partial charge in [0.1, 0.15) is 11.9 Å². The lowest BCUT2D eigenvalue weighted by molar-refractivity contribution is 0.225. The molecule has 2 atom stereocenters. The van der Waals surface area contributed by atoms with Gasteiger partial charge in [-0.1, -0.05) is 24.3 Å². The summed E-state index contributed by atoms with van der Waals surface area (Å²) in [6.07, 6.45) is 3.18. The molecular weight excluding hydrogens is 186 g/mol. The molecule has 80 valence electrons. The van der Waals surface area contributed by atoms with Gasteiger partial charge in [-0.15, -0.1) is 6.58 Å². The summed E-state index contributed by atoms with van der Waals surface area (Å²) in [5.41, 5.74) is 1.32. The summed E-state index contributed by atoms with van der Waals surface area (Å²) < 4.78 is 5.81. The zero-order chi connectivity index (χ0) is 10.7. The van der Waals surface area contributed by atoms with Crippen molar-refractivity contribution >= 4 is 0 Å². The molecule has 1 heterocycles. The van der Waals surface area contributed by atoms with E-state index in [0.29, 0.717) is 6.04 Å². The van der Waals surface area contributed by atoms with Crippen molar-refractivity contribution in [2.45, 2.75) is 25.5 Å². The first-order valence-corrected chi connectivity index (χ1v) is 5.40. The Bertz CT molecular complexity index is 323. The van der Waals surface area contributed by atoms with Crippen LogP contribution in [0.25, 0.3) is 0 Å². The van der Waals surface area contributed by atoms with Crippen LogP contribution in [0.5, 0.6) is 5.75 Å². The Kier molecular flexibility index (Phi) is 3.07. The normalized spacial score (nSPS) is 20.5. The maximum Gasteiger partial charge on any atom is 0.123 e. The highest BCUT2D eigenvalue weighted by molar-refractivity contribution is 5.37. The van der Waals surface area contributed by atoms with Crippen molar-refractivity contribution in [1.82, 2.24) is 5.32 Å². The second kappa shape index (κ2) is 4.49. The van der Waals surface area contributed by atoms with Gasteiger partial charge in [0.05, 0.1) is 0 Å². The Balaban J connectivity index is 1.88. The molecule has 0 radical (unpaired) electrons. The average Bonchev–Trinajstić information content (AvgIpc) is 2.68. The Morgan fingerprint density at radius 2 is 2.40 bits per heavy atom. The summed E-state index contributed by atoms with van der Waals surface area (Å²) in [4.78, 5) is 0. The van der Waals surface area contributed by atoms with Gasteiger partial charge in [0, 0.05) is 19.0 Å². The second-order valence-corrected chi connectivity index (χ2v) is 3.98. The molecule has 0 bridgehead atoms. The summed E-state index contributed by atoms with van der Waals surface area (Å²) in [7, 11) is 0. The van der Waals surface area contributed by atoms with Gasteiger partial charge in [0.2, 0.25) is 0 Å². The van der Waals surface area contributed by atoms with E-state index in [1.54, 1.807) is 0 Å². The SMILES string of the molecule is C=CC(C)NCC1Cc2ccccc2O1. The van der Waals surface area contributed by atoms with E-state index in [2.05, 4.69) is 31.0 Å². The van der Waals surface area contributed by atoms with Gasteiger partial charge in [0.15, 0.2) is 0 Å². The highest BCUT2D eigenvalue weighted by atomic mass is 16.5. The van der Waals surface area contributed by atoms with Gasteiger partial charge < -0.3 is 10.1 Å². The maximum absolute atomic E-state index is 5.81. The number of fused-ring (bicyclic) bond motifs is 1. The first kappa shape index (κ1) is 10.2. The third-order valence-electron chi connectivity index (χ3n) is 2.73. The largest absolute Gasteiger partial charge is 0.488 e. The highest BCUT2D eigenvalue weighted by Gasteiger charge is 2.21. The molecule has 2 unspecified atom stereocenters. The van der Waals surface area contributed by atoms with Gasteiger partial charge in [-0.3, -0.25) is 0 Å². The van der Waals surface area contributed by atoms with Crippen molar-refractivity contribution in [2.75, 3.05) is 6.54 Å². The van der Waals surface area contributed by atoms with Crippen LogP contribution in [0, 0.1) is 0 Å². The van der Waals surface area contributed by atoms with Crippen molar-refractivity contribution in [2.24, 2.45) is 0 Å². The fraction of sp³-hybridized carbons (Fsp3) is 0.385. The number of ether oxygens (including phenoxy) is 1. The van der Waals surface area contributed by atoms with Crippen LogP contribution in [0.4, 0.5) is 0 Å². The smallest absolute Gasteiger partial charge is 0.123 e. The molecule has 2 nitrogen and oxygen atoms in total. The van der Waals surface area contributed by atoms with Gasteiger partial charge >= 0.3 is 0 Å². The minimum Gasteiger partial charge on any atom is -0.488 e. The summed E-state index contributed by atoms with van der Waals surface area (Å²) in [6.45, 7) is 6.71. The van der Waals surface area contributed by atoms with E-state index in [-0.39, 0.29) is 6.10 Å². The van der Waals surface area contributed by atoms with E-state index < -0.39 is 0 Å². The summed E-state index contributed by atoms with van der Waals surface area (Å²) in [5.74, 6) is 1.04. The van der Waals surface area contributed by atoms with E-state index in [1.807, 2.05) is 18.2 Å². The van der Waals surface area contributed by atoms with E-state index in [9.17, 15) is 0 Å². The van der Waals surface area contributed by atoms with Crippen LogP contribution in [-0.4, -0.2) is 18.7 Å². The van der Waals surface area contributed by atoms with E-state index >= 15 is 0 Å². The van der Waals surface area contributed by atoms with Crippen LogP contribution in [0.1, 0.15) is 12.5 Å². The molecule has 0 saturated carbocycles. The number of benzene rings is 1. The summed E-state index contributed by atoms with van der Waals surface area (Å²) >= 11 is 0. The summed E-state index contributed by atoms with van der Waals surface area (Å²) in [6, 6.07) is 8.58. The predicted molar refractivity (Wildman–Crippen MR) is 62.2 cm³/mol. The molecule has 0 spiro atoms. The van der Waals surface area contributed by atoms with E-state index in [4.69, 9.17) is 4.74 Å². The van der Waals surface area contributed by atoms with Gasteiger partial charge in [-0.2, -0.15) is 0 Å². The van der Waals surface area contributed by atoms with Crippen LogP contribution >= 0.6 is 0 Å². The van der Waals surface area contributed by atoms with Gasteiger partial charge in [-0.05, 0) is 18.6 Å². The monoisotopic (exact) mass is 203 g/mol. The molecule has 1 aromatic carbocycles. The molecule has 1 aliphatic rings. The quantitative estimate of drug-likeness (QED) is 0.757. The zero-order valence-electron chi connectivity index (χ0n) is 9.07. The van der Waals surface area contributed by atoms with Gasteiger partial charge in [-0.25, -0.2) is 0 Å². The molecule has 0 aromatic heterocycles. The molecule has 0 aliphatic carbocycles. The third-order valence-corrected chi connectivity index (χ3v) is 2.73. The second-order valence-electron chi connectivity index (χ2n) is 3.98. The molecular formula is C13H17NO. The minimum absolute atomic E-state index is 0.268. The predicted octanol–water partition coefficient (Wildman–Crippen LogP) is 2.15. The minimum atomic E-state index is 0.268. The van der Waals surface area contributed by atoms with Crippen LogP contribution in [0.15, 0.2) is 36.9 Å². The topological polar surface area (TPSA) is 21.3 Å². The lowest BCUT2D eigenvalue weighted by Gasteiger charge is -2.14. The van der Waals surface area contributed by atoms with Crippen molar-refractivity contribution in [3.05, 3.63) is 42.5 Å². The van der Waals surface area contributed by atoms with Crippen molar-refractivity contribution in [3.63, 3.8) is 0 Å². The van der Waals surface area contributed by atoms with Crippen LogP contribution in [-0.2, 0) is 6.42 Å². The molecule has 1 aliphatic heterocycles. The standard InChI is InChI=1S/C13H17NO/c1-3-10(2)14-9-12-8-11-6-4-5-7-13(11)15-12/h3-7,10,12,14H,1,8-9H2,2H3. The maximum atomic E-state index is 5.81. The molecule has 15 heavy (non-hydrogen) atoms. The highest BCUT2D eigenvalue weighted by Crippen LogP contribution is 2.27. The first-order valence-electron chi connectivity index (χ1n) is 5.40.